The number of aliphatic hydroxyl groups excluding tert-OH is 1. The summed E-state index contributed by atoms with van der Waals surface area (Å²) in [4.78, 5) is -3.50. The van der Waals surface area contributed by atoms with Crippen LogP contribution in [0, 0.1) is 0 Å². The Hall–Kier alpha value is -0.940. The molecule has 0 saturated heterocycles. The van der Waals surface area contributed by atoms with Gasteiger partial charge in [-0.15, -0.1) is 0 Å². The summed E-state index contributed by atoms with van der Waals surface area (Å²) in [5.74, 6) is -1.31. The second-order valence-electron chi connectivity index (χ2n) is 3.04. The van der Waals surface area contributed by atoms with E-state index in [-0.39, 0.29) is 0 Å². The van der Waals surface area contributed by atoms with Gasteiger partial charge in [-0.1, -0.05) is 12.2 Å². The van der Waals surface area contributed by atoms with Crippen molar-refractivity contribution < 1.29 is 36.2 Å². The van der Waals surface area contributed by atoms with E-state index in [0.29, 0.717) is 12.2 Å². The van der Waals surface area contributed by atoms with Crippen LogP contribution in [0.4, 0.5) is 0 Å². The molecular formula is C6H8O8S2. The van der Waals surface area contributed by atoms with Crippen LogP contribution >= 0.6 is 0 Å². The third kappa shape index (κ3) is 1.85. The van der Waals surface area contributed by atoms with E-state index < -0.39 is 36.2 Å². The molecule has 8 nitrogen and oxygen atoms in total. The Kier molecular flexibility index (Phi) is 2.90. The Morgan fingerprint density at radius 2 is 1.69 bits per heavy atom. The van der Waals surface area contributed by atoms with Gasteiger partial charge in [0.05, 0.1) is 0 Å². The van der Waals surface area contributed by atoms with Crippen molar-refractivity contribution in [1.82, 2.24) is 0 Å². The molecule has 92 valence electrons. The summed E-state index contributed by atoms with van der Waals surface area (Å²) in [6.45, 7) is 0. The Morgan fingerprint density at radius 1 is 1.19 bits per heavy atom. The highest BCUT2D eigenvalue weighted by atomic mass is 32.2. The van der Waals surface area contributed by atoms with Crippen molar-refractivity contribution in [3.8, 4) is 0 Å². The molecule has 0 saturated carbocycles. The smallest absolute Gasteiger partial charge is 0.304 e. The molecule has 0 aromatic heterocycles. The lowest BCUT2D eigenvalue weighted by molar-refractivity contribution is 0.101. The summed E-state index contributed by atoms with van der Waals surface area (Å²) < 4.78 is 60.8. The van der Waals surface area contributed by atoms with Crippen LogP contribution in [-0.4, -0.2) is 46.3 Å². The first kappa shape index (κ1) is 13.1. The van der Waals surface area contributed by atoms with Gasteiger partial charge in [0, 0.05) is 0 Å². The van der Waals surface area contributed by atoms with Crippen molar-refractivity contribution in [1.29, 1.82) is 0 Å². The average Bonchev–Trinajstić information content (AvgIpc) is 2.05. The first-order valence-electron chi connectivity index (χ1n) is 3.75. The first-order chi connectivity index (χ1) is 7.01. The van der Waals surface area contributed by atoms with Crippen LogP contribution in [0.25, 0.3) is 0 Å². The van der Waals surface area contributed by atoms with Gasteiger partial charge < -0.3 is 10.2 Å². The molecular weight excluding hydrogens is 264 g/mol. The van der Waals surface area contributed by atoms with Crippen molar-refractivity contribution in [2.45, 2.75) is 10.2 Å². The van der Waals surface area contributed by atoms with Crippen molar-refractivity contribution in [3.05, 3.63) is 24.0 Å². The van der Waals surface area contributed by atoms with E-state index in [1.807, 2.05) is 0 Å². The zero-order chi connectivity index (χ0) is 12.8. The Labute approximate surface area is 91.0 Å². The van der Waals surface area contributed by atoms with Gasteiger partial charge in [0.25, 0.3) is 15.1 Å². The number of allylic oxidation sites excluding steroid dienone is 2. The Morgan fingerprint density at radius 3 is 2.00 bits per heavy atom. The van der Waals surface area contributed by atoms with Gasteiger partial charge >= 0.3 is 10.1 Å². The third-order valence-electron chi connectivity index (χ3n) is 2.01. The lowest BCUT2D eigenvalue weighted by Crippen LogP contribution is -2.54. The monoisotopic (exact) mass is 272 g/mol. The summed E-state index contributed by atoms with van der Waals surface area (Å²) in [6.07, 6.45) is 2.20. The Balaban J connectivity index is 3.55. The van der Waals surface area contributed by atoms with Crippen molar-refractivity contribution in [3.63, 3.8) is 0 Å². The molecule has 16 heavy (non-hydrogen) atoms. The predicted octanol–water partition coefficient (Wildman–Crippen LogP) is -1.17. The number of hydrogen-bond acceptors (Lipinski definition) is 6. The van der Waals surface area contributed by atoms with E-state index >= 15 is 0 Å². The highest BCUT2D eigenvalue weighted by Gasteiger charge is 2.57. The molecule has 10 heteroatoms. The number of hydrogen-bond donors (Lipinski definition) is 4. The topological polar surface area (TPSA) is 149 Å². The maximum atomic E-state index is 10.9. The first-order valence-corrected chi connectivity index (χ1v) is 6.69. The van der Waals surface area contributed by atoms with Crippen LogP contribution in [0.2, 0.25) is 0 Å². The molecule has 2 unspecified atom stereocenters. The molecule has 0 aromatic carbocycles. The average molecular weight is 272 g/mol. The molecule has 4 N–H and O–H groups in total. The van der Waals surface area contributed by atoms with Crippen LogP contribution in [-0.2, 0) is 20.2 Å². The predicted molar refractivity (Wildman–Crippen MR) is 51.7 cm³/mol. The SMILES string of the molecule is O=S(=O)(O)C1C=CC=C(O)C1(O)S(=O)(=O)O. The fourth-order valence-electron chi connectivity index (χ4n) is 1.22. The molecule has 0 bridgehead atoms. The Bertz CT molecular complexity index is 553. The third-order valence-corrected chi connectivity index (χ3v) is 4.55. The van der Waals surface area contributed by atoms with Gasteiger partial charge in [-0.05, 0) is 6.08 Å². The van der Waals surface area contributed by atoms with E-state index in [1.54, 1.807) is 0 Å². The quantitative estimate of drug-likeness (QED) is 0.459. The standard InChI is InChI=1S/C6H8O8S2/c7-4-2-1-3-5(15(9,10)11)6(4,8)16(12,13)14/h1-3,5,7-8H,(H,9,10,11)(H,12,13,14). The molecule has 0 heterocycles. The maximum Gasteiger partial charge on any atom is 0.304 e. The molecule has 1 aliphatic rings. The van der Waals surface area contributed by atoms with Gasteiger partial charge in [0.15, 0.2) is 5.25 Å². The molecule has 0 aliphatic heterocycles. The van der Waals surface area contributed by atoms with Gasteiger partial charge in [0.2, 0.25) is 0 Å². The van der Waals surface area contributed by atoms with Crippen molar-refractivity contribution in [2.75, 3.05) is 0 Å². The summed E-state index contributed by atoms with van der Waals surface area (Å²) in [6, 6.07) is 0. The molecule has 0 radical (unpaired) electrons. The zero-order valence-corrected chi connectivity index (χ0v) is 9.18. The summed E-state index contributed by atoms with van der Waals surface area (Å²) >= 11 is 0. The normalized spacial score (nSPS) is 31.2. The molecule has 1 rings (SSSR count). The molecule has 0 aromatic rings. The fourth-order valence-corrected chi connectivity index (χ4v) is 3.47. The van der Waals surface area contributed by atoms with Gasteiger partial charge in [0.1, 0.15) is 5.76 Å². The highest BCUT2D eigenvalue weighted by molar-refractivity contribution is 7.91. The highest BCUT2D eigenvalue weighted by Crippen LogP contribution is 2.33. The van der Waals surface area contributed by atoms with E-state index in [1.165, 1.54) is 0 Å². The van der Waals surface area contributed by atoms with Crippen LogP contribution in [0.15, 0.2) is 24.0 Å². The lowest BCUT2D eigenvalue weighted by Gasteiger charge is -2.30. The molecule has 0 spiro atoms. The zero-order valence-electron chi connectivity index (χ0n) is 7.55. The summed E-state index contributed by atoms with van der Waals surface area (Å²) in [5.41, 5.74) is 0. The minimum Gasteiger partial charge on any atom is -0.508 e. The van der Waals surface area contributed by atoms with Crippen molar-refractivity contribution >= 4 is 20.2 Å². The van der Waals surface area contributed by atoms with Crippen LogP contribution < -0.4 is 0 Å². The van der Waals surface area contributed by atoms with E-state index in [4.69, 9.17) is 14.2 Å². The largest absolute Gasteiger partial charge is 0.508 e. The van der Waals surface area contributed by atoms with Gasteiger partial charge in [-0.25, -0.2) is 0 Å². The van der Waals surface area contributed by atoms with E-state index in [9.17, 15) is 21.9 Å². The molecule has 1 aliphatic carbocycles. The molecule has 0 amide bonds. The van der Waals surface area contributed by atoms with Crippen LogP contribution in [0.3, 0.4) is 0 Å². The van der Waals surface area contributed by atoms with E-state index in [0.717, 1.165) is 6.08 Å². The maximum absolute atomic E-state index is 10.9. The molecule has 0 fully saturated rings. The fraction of sp³-hybridized carbons (Fsp3) is 0.333. The van der Waals surface area contributed by atoms with Crippen LogP contribution in [0.5, 0.6) is 0 Å². The minimum atomic E-state index is -5.36. The molecule has 2 atom stereocenters. The lowest BCUT2D eigenvalue weighted by atomic mass is 10.1. The second kappa shape index (κ2) is 3.53. The summed E-state index contributed by atoms with van der Waals surface area (Å²) in [7, 11) is -10.4. The number of rotatable bonds is 2. The van der Waals surface area contributed by atoms with Crippen LogP contribution in [0.1, 0.15) is 0 Å². The van der Waals surface area contributed by atoms with Gasteiger partial charge in [-0.2, -0.15) is 16.8 Å². The van der Waals surface area contributed by atoms with E-state index in [2.05, 4.69) is 0 Å². The van der Waals surface area contributed by atoms with Crippen molar-refractivity contribution in [2.24, 2.45) is 0 Å². The second-order valence-corrected chi connectivity index (χ2v) is 6.15. The summed E-state index contributed by atoms with van der Waals surface area (Å²) in [5, 5.41) is 16.3. The number of aliphatic hydroxyl groups is 2. The minimum absolute atomic E-state index is 0.614. The van der Waals surface area contributed by atoms with Gasteiger partial charge in [-0.3, -0.25) is 9.11 Å².